The number of rotatable bonds is 2. The molecule has 4 atom stereocenters. The molecule has 4 rings (SSSR count). The zero-order valence-corrected chi connectivity index (χ0v) is 20.1. The molecule has 31 heavy (non-hydrogen) atoms. The highest BCUT2D eigenvalue weighted by atomic mass is 28.4. The summed E-state index contributed by atoms with van der Waals surface area (Å²) in [6.45, 7) is 12.9. The molecular weight excluding hydrogens is 418 g/mol. The fourth-order valence-electron chi connectivity index (χ4n) is 5.10. The summed E-state index contributed by atoms with van der Waals surface area (Å²) in [5.74, 6) is 0.138. The molecule has 0 aliphatic carbocycles. The molecule has 9 heteroatoms. The number of hydrogen-bond donors (Lipinski definition) is 0. The van der Waals surface area contributed by atoms with Crippen LogP contribution in [0.5, 0.6) is 5.75 Å². The first-order chi connectivity index (χ1) is 14.4. The Labute approximate surface area is 184 Å². The zero-order chi connectivity index (χ0) is 22.8. The Morgan fingerprint density at radius 3 is 2.13 bits per heavy atom. The second-order valence-corrected chi connectivity index (χ2v) is 15.1. The van der Waals surface area contributed by atoms with Gasteiger partial charge in [0.2, 0.25) is 0 Å². The third-order valence-electron chi connectivity index (χ3n) is 6.30. The van der Waals surface area contributed by atoms with E-state index in [0.717, 1.165) is 0 Å². The van der Waals surface area contributed by atoms with Crippen molar-refractivity contribution in [3.8, 4) is 5.75 Å². The van der Waals surface area contributed by atoms with Gasteiger partial charge < -0.3 is 23.1 Å². The first-order valence-corrected chi connectivity index (χ1v) is 12.4. The van der Waals surface area contributed by atoms with E-state index in [-0.39, 0.29) is 16.7 Å². The van der Waals surface area contributed by atoms with Crippen LogP contribution in [0.15, 0.2) is 24.3 Å². The van der Waals surface area contributed by atoms with Gasteiger partial charge in [-0.25, -0.2) is 9.59 Å². The summed E-state index contributed by atoms with van der Waals surface area (Å²) in [6, 6.07) is 5.99. The van der Waals surface area contributed by atoms with Gasteiger partial charge in [-0.1, -0.05) is 41.5 Å². The van der Waals surface area contributed by atoms with Gasteiger partial charge in [-0.2, -0.15) is 0 Å². The quantitative estimate of drug-likeness (QED) is 0.502. The Bertz CT molecular complexity index is 859. The maximum Gasteiger partial charge on any atom is 0.415 e. The highest BCUT2D eigenvalue weighted by Gasteiger charge is 2.67. The Morgan fingerprint density at radius 1 is 0.968 bits per heavy atom. The molecule has 170 valence electrons. The highest BCUT2D eigenvalue weighted by Crippen LogP contribution is 2.55. The maximum absolute atomic E-state index is 12.9. The molecule has 1 aromatic carbocycles. The van der Waals surface area contributed by atoms with Crippen molar-refractivity contribution in [2.45, 2.75) is 76.0 Å². The number of esters is 1. The number of benzene rings is 1. The van der Waals surface area contributed by atoms with Crippen molar-refractivity contribution in [2.75, 3.05) is 18.6 Å². The van der Waals surface area contributed by atoms with E-state index in [2.05, 4.69) is 41.5 Å². The molecule has 0 unspecified atom stereocenters. The van der Waals surface area contributed by atoms with Gasteiger partial charge in [-0.05, 0) is 24.3 Å². The van der Waals surface area contributed by atoms with Crippen LogP contribution in [0.25, 0.3) is 0 Å². The molecule has 3 heterocycles. The average Bonchev–Trinajstić information content (AvgIpc) is 3.04. The Balaban J connectivity index is 1.69. The van der Waals surface area contributed by atoms with E-state index < -0.39 is 45.0 Å². The predicted octanol–water partition coefficient (Wildman–Crippen LogP) is 3.77. The van der Waals surface area contributed by atoms with Gasteiger partial charge in [0, 0.05) is 15.8 Å². The van der Waals surface area contributed by atoms with Gasteiger partial charge in [0.1, 0.15) is 11.9 Å². The van der Waals surface area contributed by atoms with E-state index >= 15 is 0 Å². The van der Waals surface area contributed by atoms with Crippen molar-refractivity contribution in [1.29, 1.82) is 0 Å². The van der Waals surface area contributed by atoms with Gasteiger partial charge in [-0.3, -0.25) is 4.90 Å². The molecule has 3 aliphatic rings. The maximum atomic E-state index is 12.9. The SMILES string of the molecule is COc1ccc(N2C(=O)O[C@H]3[C@@H]4O[Si](C(C)(C)C)(C(C)(C)C)OC[C@H]4OC(=O)[C@H]32)cc1. The summed E-state index contributed by atoms with van der Waals surface area (Å²) < 4.78 is 29.8. The molecule has 1 amide bonds. The van der Waals surface area contributed by atoms with Crippen molar-refractivity contribution < 1.29 is 32.7 Å². The van der Waals surface area contributed by atoms with E-state index in [9.17, 15) is 9.59 Å². The molecule has 0 N–H and O–H groups in total. The predicted molar refractivity (Wildman–Crippen MR) is 115 cm³/mol. The van der Waals surface area contributed by atoms with Crippen molar-refractivity contribution >= 4 is 26.3 Å². The van der Waals surface area contributed by atoms with Crippen LogP contribution in [-0.2, 0) is 23.1 Å². The van der Waals surface area contributed by atoms with Crippen molar-refractivity contribution in [3.05, 3.63) is 24.3 Å². The van der Waals surface area contributed by atoms with Crippen molar-refractivity contribution in [1.82, 2.24) is 0 Å². The third kappa shape index (κ3) is 3.34. The second-order valence-electron chi connectivity index (χ2n) is 10.3. The number of carbonyl (C=O) groups is 2. The number of nitrogens with zero attached hydrogens (tertiary/aromatic N) is 1. The lowest BCUT2D eigenvalue weighted by Gasteiger charge is -2.56. The van der Waals surface area contributed by atoms with Crippen LogP contribution in [-0.4, -0.2) is 58.7 Å². The van der Waals surface area contributed by atoms with Crippen LogP contribution >= 0.6 is 0 Å². The monoisotopic (exact) mass is 449 g/mol. The second kappa shape index (κ2) is 7.21. The number of fused-ring (bicyclic) bond motifs is 3. The molecule has 1 aromatic rings. The number of anilines is 1. The minimum atomic E-state index is -2.83. The lowest BCUT2D eigenvalue weighted by molar-refractivity contribution is -0.191. The first kappa shape index (κ1) is 22.1. The van der Waals surface area contributed by atoms with Crippen LogP contribution in [0.3, 0.4) is 0 Å². The summed E-state index contributed by atoms with van der Waals surface area (Å²) >= 11 is 0. The average molecular weight is 450 g/mol. The number of carbonyl (C=O) groups excluding carboxylic acids is 2. The molecule has 3 fully saturated rings. The summed E-state index contributed by atoms with van der Waals surface area (Å²) in [7, 11) is -1.26. The highest BCUT2D eigenvalue weighted by molar-refractivity contribution is 6.73. The molecular formula is C22H31NO7Si. The number of ether oxygens (including phenoxy) is 3. The van der Waals surface area contributed by atoms with Crippen LogP contribution in [0, 0.1) is 0 Å². The molecule has 3 saturated heterocycles. The Morgan fingerprint density at radius 2 is 1.58 bits per heavy atom. The van der Waals surface area contributed by atoms with E-state index in [1.807, 2.05) is 0 Å². The minimum absolute atomic E-state index is 0.237. The van der Waals surface area contributed by atoms with Gasteiger partial charge in [0.05, 0.1) is 13.7 Å². The van der Waals surface area contributed by atoms with Gasteiger partial charge in [-0.15, -0.1) is 0 Å². The first-order valence-electron chi connectivity index (χ1n) is 10.6. The van der Waals surface area contributed by atoms with Gasteiger partial charge >= 0.3 is 20.6 Å². The molecule has 0 aromatic heterocycles. The van der Waals surface area contributed by atoms with Gasteiger partial charge in [0.25, 0.3) is 0 Å². The number of amides is 1. The fraction of sp³-hybridized carbons (Fsp3) is 0.636. The minimum Gasteiger partial charge on any atom is -0.497 e. The van der Waals surface area contributed by atoms with Crippen LogP contribution in [0.1, 0.15) is 41.5 Å². The third-order valence-corrected chi connectivity index (χ3v) is 11.4. The molecule has 3 aliphatic heterocycles. The standard InChI is InChI=1S/C22H31NO7Si/c1-21(2,3)31(22(4,5)6)27-12-15-17(30-31)18-16(19(24)28-15)23(20(25)29-18)13-8-10-14(26-7)11-9-13/h8-11,15-18H,12H2,1-7H3/t15-,16+,17-,18-/m1/s1. The fourth-order valence-corrected chi connectivity index (χ4v) is 10.1. The van der Waals surface area contributed by atoms with Crippen molar-refractivity contribution in [3.63, 3.8) is 0 Å². The number of methoxy groups -OCH3 is 1. The lowest BCUT2D eigenvalue weighted by atomic mass is 9.97. The molecule has 0 spiro atoms. The molecule has 0 bridgehead atoms. The summed E-state index contributed by atoms with van der Waals surface area (Å²) in [5.41, 5.74) is 0.538. The lowest BCUT2D eigenvalue weighted by Crippen LogP contribution is -2.71. The molecule has 0 radical (unpaired) electrons. The molecule has 8 nitrogen and oxygen atoms in total. The van der Waals surface area contributed by atoms with Crippen LogP contribution in [0.4, 0.5) is 10.5 Å². The van der Waals surface area contributed by atoms with E-state index in [0.29, 0.717) is 11.4 Å². The summed E-state index contributed by atoms with van der Waals surface area (Å²) in [5, 5.41) is -0.489. The number of hydrogen-bond acceptors (Lipinski definition) is 7. The van der Waals surface area contributed by atoms with Crippen LogP contribution in [0.2, 0.25) is 10.1 Å². The van der Waals surface area contributed by atoms with Gasteiger partial charge in [0.15, 0.2) is 18.2 Å². The normalized spacial score (nSPS) is 30.2. The zero-order valence-electron chi connectivity index (χ0n) is 19.1. The smallest absolute Gasteiger partial charge is 0.415 e. The summed E-state index contributed by atoms with van der Waals surface area (Å²) in [6.07, 6.45) is -2.54. The topological polar surface area (TPSA) is 83.5 Å². The van der Waals surface area contributed by atoms with E-state index in [4.69, 9.17) is 23.1 Å². The summed E-state index contributed by atoms with van der Waals surface area (Å²) in [4.78, 5) is 27.1. The van der Waals surface area contributed by atoms with Crippen molar-refractivity contribution in [2.24, 2.45) is 0 Å². The van der Waals surface area contributed by atoms with E-state index in [1.165, 1.54) is 4.90 Å². The van der Waals surface area contributed by atoms with E-state index in [1.54, 1.807) is 31.4 Å². The largest absolute Gasteiger partial charge is 0.497 e. The Hall–Kier alpha value is -2.10. The Kier molecular flexibility index (Phi) is 5.14. The van der Waals surface area contributed by atoms with Crippen LogP contribution < -0.4 is 9.64 Å². The molecule has 0 saturated carbocycles.